The van der Waals surface area contributed by atoms with Crippen LogP contribution in [0.2, 0.25) is 0 Å². The van der Waals surface area contributed by atoms with Crippen LogP contribution >= 0.6 is 0 Å². The number of nitrogens with zero attached hydrogens (tertiary/aromatic N) is 2. The van der Waals surface area contributed by atoms with Crippen LogP contribution in [0.25, 0.3) is 0 Å². The van der Waals surface area contributed by atoms with E-state index >= 15 is 0 Å². The molecule has 1 unspecified atom stereocenters. The molecular formula is C10H17N3O. The summed E-state index contributed by atoms with van der Waals surface area (Å²) >= 11 is 0. The number of hydrogen-bond donors (Lipinski definition) is 1. The lowest BCUT2D eigenvalue weighted by atomic mass is 10.1. The summed E-state index contributed by atoms with van der Waals surface area (Å²) in [6, 6.07) is 0. The zero-order chi connectivity index (χ0) is 9.97. The highest BCUT2D eigenvalue weighted by atomic mass is 16.4. The Balaban J connectivity index is 1.67. The van der Waals surface area contributed by atoms with Gasteiger partial charge in [0.05, 0.1) is 6.54 Å². The van der Waals surface area contributed by atoms with E-state index in [0.29, 0.717) is 18.3 Å². The molecule has 0 saturated heterocycles. The minimum atomic E-state index is 0.636. The molecule has 0 amide bonds. The highest BCUT2D eigenvalue weighted by molar-refractivity contribution is 4.82. The summed E-state index contributed by atoms with van der Waals surface area (Å²) in [4.78, 5) is 0. The lowest BCUT2D eigenvalue weighted by Gasteiger charge is -2.09. The fraction of sp³-hybridized carbons (Fsp3) is 0.800. The summed E-state index contributed by atoms with van der Waals surface area (Å²) in [5.41, 5.74) is 0. The molecule has 78 valence electrons. The normalized spacial score (nSPS) is 18.4. The van der Waals surface area contributed by atoms with E-state index in [1.165, 1.54) is 12.8 Å². The van der Waals surface area contributed by atoms with Gasteiger partial charge in [-0.25, -0.2) is 0 Å². The van der Waals surface area contributed by atoms with Crippen molar-refractivity contribution in [2.75, 3.05) is 6.54 Å². The molecule has 1 aromatic rings. The van der Waals surface area contributed by atoms with Crippen molar-refractivity contribution in [2.24, 2.45) is 11.8 Å². The number of aromatic nitrogens is 2. The second-order valence-electron chi connectivity index (χ2n) is 4.16. The van der Waals surface area contributed by atoms with Crippen molar-refractivity contribution in [3.05, 3.63) is 11.8 Å². The van der Waals surface area contributed by atoms with Gasteiger partial charge in [-0.3, -0.25) is 0 Å². The van der Waals surface area contributed by atoms with Crippen LogP contribution in [0.5, 0.6) is 0 Å². The van der Waals surface area contributed by atoms with Gasteiger partial charge in [-0.05, 0) is 31.2 Å². The van der Waals surface area contributed by atoms with Crippen molar-refractivity contribution >= 4 is 0 Å². The lowest BCUT2D eigenvalue weighted by molar-refractivity contribution is 0.413. The number of hydrogen-bond acceptors (Lipinski definition) is 4. The van der Waals surface area contributed by atoms with Crippen molar-refractivity contribution < 1.29 is 4.42 Å². The maximum absolute atomic E-state index is 5.26. The molecule has 14 heavy (non-hydrogen) atoms. The smallest absolute Gasteiger partial charge is 0.230 e. The van der Waals surface area contributed by atoms with Gasteiger partial charge in [0.2, 0.25) is 11.8 Å². The number of aryl methyl sites for hydroxylation is 1. The van der Waals surface area contributed by atoms with Crippen LogP contribution < -0.4 is 5.32 Å². The predicted molar refractivity (Wildman–Crippen MR) is 52.6 cm³/mol. The average molecular weight is 195 g/mol. The number of rotatable bonds is 5. The largest absolute Gasteiger partial charge is 0.424 e. The molecule has 1 aliphatic rings. The molecule has 0 aromatic carbocycles. The Hall–Kier alpha value is -0.900. The molecular weight excluding hydrogens is 178 g/mol. The van der Waals surface area contributed by atoms with Gasteiger partial charge in [-0.15, -0.1) is 10.2 Å². The van der Waals surface area contributed by atoms with Crippen LogP contribution in [0.4, 0.5) is 0 Å². The molecule has 1 N–H and O–H groups in total. The van der Waals surface area contributed by atoms with Crippen molar-refractivity contribution in [3.8, 4) is 0 Å². The van der Waals surface area contributed by atoms with Crippen LogP contribution in [0.3, 0.4) is 0 Å². The van der Waals surface area contributed by atoms with Gasteiger partial charge in [0.25, 0.3) is 0 Å². The van der Waals surface area contributed by atoms with Crippen molar-refractivity contribution in [3.63, 3.8) is 0 Å². The summed E-state index contributed by atoms with van der Waals surface area (Å²) in [5, 5.41) is 11.0. The van der Waals surface area contributed by atoms with Gasteiger partial charge in [-0.2, -0.15) is 0 Å². The fourth-order valence-electron chi connectivity index (χ4n) is 1.65. The first kappa shape index (κ1) is 9.65. The standard InChI is InChI=1S/C10H17N3O/c1-7(9-3-4-9)5-11-6-10-13-12-8(2)14-10/h7,9,11H,3-6H2,1-2H3. The van der Waals surface area contributed by atoms with Gasteiger partial charge >= 0.3 is 0 Å². The van der Waals surface area contributed by atoms with E-state index in [0.717, 1.165) is 18.4 Å². The first-order valence-corrected chi connectivity index (χ1v) is 5.25. The molecule has 1 fully saturated rings. The molecule has 0 radical (unpaired) electrons. The third-order valence-electron chi connectivity index (χ3n) is 2.74. The second kappa shape index (κ2) is 4.09. The maximum Gasteiger partial charge on any atom is 0.230 e. The van der Waals surface area contributed by atoms with Gasteiger partial charge < -0.3 is 9.73 Å². The van der Waals surface area contributed by atoms with E-state index in [1.807, 2.05) is 6.92 Å². The molecule has 1 heterocycles. The highest BCUT2D eigenvalue weighted by Gasteiger charge is 2.27. The van der Waals surface area contributed by atoms with Crippen LogP contribution in [0.1, 0.15) is 31.5 Å². The Morgan fingerprint density at radius 3 is 2.86 bits per heavy atom. The Morgan fingerprint density at radius 1 is 1.50 bits per heavy atom. The van der Waals surface area contributed by atoms with Crippen LogP contribution in [0, 0.1) is 18.8 Å². The third kappa shape index (κ3) is 2.54. The van der Waals surface area contributed by atoms with Crippen LogP contribution in [0.15, 0.2) is 4.42 Å². The summed E-state index contributed by atoms with van der Waals surface area (Å²) in [5.74, 6) is 3.05. The molecule has 4 heteroatoms. The van der Waals surface area contributed by atoms with E-state index in [4.69, 9.17) is 4.42 Å². The molecule has 2 rings (SSSR count). The molecule has 4 nitrogen and oxygen atoms in total. The topological polar surface area (TPSA) is 51.0 Å². The average Bonchev–Trinajstić information content (AvgIpc) is 2.92. The van der Waals surface area contributed by atoms with Gasteiger partial charge in [-0.1, -0.05) is 6.92 Å². The van der Waals surface area contributed by atoms with Crippen LogP contribution in [-0.2, 0) is 6.54 Å². The zero-order valence-electron chi connectivity index (χ0n) is 8.79. The molecule has 1 saturated carbocycles. The van der Waals surface area contributed by atoms with E-state index in [2.05, 4.69) is 22.4 Å². The Kier molecular flexibility index (Phi) is 2.82. The molecule has 1 aromatic heterocycles. The predicted octanol–water partition coefficient (Wildman–Crippen LogP) is 1.51. The first-order valence-electron chi connectivity index (χ1n) is 5.25. The van der Waals surface area contributed by atoms with Gasteiger partial charge in [0, 0.05) is 6.92 Å². The Bertz CT molecular complexity index is 293. The van der Waals surface area contributed by atoms with Crippen molar-refractivity contribution in [1.29, 1.82) is 0 Å². The van der Waals surface area contributed by atoms with Gasteiger partial charge in [0.1, 0.15) is 0 Å². The quantitative estimate of drug-likeness (QED) is 0.773. The minimum absolute atomic E-state index is 0.636. The zero-order valence-corrected chi connectivity index (χ0v) is 8.79. The molecule has 1 aliphatic carbocycles. The second-order valence-corrected chi connectivity index (χ2v) is 4.16. The SMILES string of the molecule is Cc1nnc(CNCC(C)C2CC2)o1. The maximum atomic E-state index is 5.26. The van der Waals surface area contributed by atoms with E-state index in [9.17, 15) is 0 Å². The van der Waals surface area contributed by atoms with E-state index in [-0.39, 0.29) is 0 Å². The number of nitrogens with one attached hydrogen (secondary N) is 1. The van der Waals surface area contributed by atoms with E-state index in [1.54, 1.807) is 0 Å². The fourth-order valence-corrected chi connectivity index (χ4v) is 1.65. The lowest BCUT2D eigenvalue weighted by Crippen LogP contribution is -2.21. The summed E-state index contributed by atoms with van der Waals surface area (Å²) < 4.78 is 5.26. The monoisotopic (exact) mass is 195 g/mol. The Morgan fingerprint density at radius 2 is 2.29 bits per heavy atom. The highest BCUT2D eigenvalue weighted by Crippen LogP contribution is 2.36. The molecule has 1 atom stereocenters. The van der Waals surface area contributed by atoms with Crippen LogP contribution in [-0.4, -0.2) is 16.7 Å². The minimum Gasteiger partial charge on any atom is -0.424 e. The summed E-state index contributed by atoms with van der Waals surface area (Å²) in [6.07, 6.45) is 2.81. The van der Waals surface area contributed by atoms with Gasteiger partial charge in [0.15, 0.2) is 0 Å². The summed E-state index contributed by atoms with van der Waals surface area (Å²) in [6.45, 7) is 5.84. The third-order valence-corrected chi connectivity index (χ3v) is 2.74. The van der Waals surface area contributed by atoms with E-state index < -0.39 is 0 Å². The molecule has 0 spiro atoms. The molecule has 0 bridgehead atoms. The van der Waals surface area contributed by atoms with Crippen molar-refractivity contribution in [1.82, 2.24) is 15.5 Å². The first-order chi connectivity index (χ1) is 6.75. The molecule has 0 aliphatic heterocycles. The summed E-state index contributed by atoms with van der Waals surface area (Å²) in [7, 11) is 0. The Labute approximate surface area is 84.1 Å². The van der Waals surface area contributed by atoms with Crippen molar-refractivity contribution in [2.45, 2.75) is 33.2 Å².